The predicted molar refractivity (Wildman–Crippen MR) is 65.4 cm³/mol. The van der Waals surface area contributed by atoms with Crippen molar-refractivity contribution in [3.63, 3.8) is 0 Å². The highest BCUT2D eigenvalue weighted by Crippen LogP contribution is 2.17. The molecule has 2 aromatic rings. The molecular formula is C13H18N2O. The van der Waals surface area contributed by atoms with Gasteiger partial charge >= 0.3 is 0 Å². The lowest BCUT2D eigenvalue weighted by Gasteiger charge is -2.06. The van der Waals surface area contributed by atoms with E-state index in [1.807, 2.05) is 18.2 Å². The van der Waals surface area contributed by atoms with Crippen molar-refractivity contribution in [3.8, 4) is 0 Å². The summed E-state index contributed by atoms with van der Waals surface area (Å²) in [6.45, 7) is 3.40. The van der Waals surface area contributed by atoms with Crippen molar-refractivity contribution in [3.05, 3.63) is 30.1 Å². The molecule has 0 amide bonds. The van der Waals surface area contributed by atoms with Crippen molar-refractivity contribution in [2.75, 3.05) is 6.61 Å². The molecule has 1 aromatic heterocycles. The Bertz CT molecular complexity index is 462. The minimum absolute atomic E-state index is 0.231. The minimum atomic E-state index is 0.231. The van der Waals surface area contributed by atoms with E-state index in [0.29, 0.717) is 0 Å². The summed E-state index contributed by atoms with van der Waals surface area (Å²) in [7, 11) is 0. The van der Waals surface area contributed by atoms with Crippen molar-refractivity contribution in [1.82, 2.24) is 9.55 Å². The van der Waals surface area contributed by atoms with Crippen LogP contribution in [0.5, 0.6) is 0 Å². The van der Waals surface area contributed by atoms with Crippen molar-refractivity contribution < 1.29 is 5.11 Å². The van der Waals surface area contributed by atoms with Gasteiger partial charge in [0.1, 0.15) is 5.82 Å². The molecule has 0 spiro atoms. The first-order chi connectivity index (χ1) is 7.86. The van der Waals surface area contributed by atoms with Gasteiger partial charge in [-0.2, -0.15) is 0 Å². The van der Waals surface area contributed by atoms with Crippen molar-refractivity contribution >= 4 is 11.0 Å². The SMILES string of the molecule is CCCn1c(CCCO)nc2ccccc21. The summed E-state index contributed by atoms with van der Waals surface area (Å²) in [5.74, 6) is 1.09. The van der Waals surface area contributed by atoms with E-state index in [1.54, 1.807) is 0 Å². The molecule has 2 rings (SSSR count). The molecule has 0 radical (unpaired) electrons. The molecule has 3 nitrogen and oxygen atoms in total. The average molecular weight is 218 g/mol. The summed E-state index contributed by atoms with van der Waals surface area (Å²) >= 11 is 0. The zero-order chi connectivity index (χ0) is 11.4. The molecule has 0 aliphatic heterocycles. The number of para-hydroxylation sites is 2. The first-order valence-corrected chi connectivity index (χ1v) is 5.91. The number of benzene rings is 1. The van der Waals surface area contributed by atoms with Crippen molar-refractivity contribution in [2.24, 2.45) is 0 Å². The van der Waals surface area contributed by atoms with Gasteiger partial charge < -0.3 is 9.67 Å². The number of imidazole rings is 1. The number of hydrogen-bond acceptors (Lipinski definition) is 2. The Kier molecular flexibility index (Phi) is 3.57. The first kappa shape index (κ1) is 11.1. The standard InChI is InChI=1S/C13H18N2O/c1-2-9-15-12-7-4-3-6-11(12)14-13(15)8-5-10-16/h3-4,6-7,16H,2,5,8-10H2,1H3. The molecule has 1 N–H and O–H groups in total. The third-order valence-corrected chi connectivity index (χ3v) is 2.74. The molecule has 0 unspecified atom stereocenters. The van der Waals surface area contributed by atoms with Gasteiger partial charge in [-0.15, -0.1) is 0 Å². The summed E-state index contributed by atoms with van der Waals surface area (Å²) < 4.78 is 2.27. The fourth-order valence-corrected chi connectivity index (χ4v) is 2.03. The smallest absolute Gasteiger partial charge is 0.109 e. The second kappa shape index (κ2) is 5.12. The highest BCUT2D eigenvalue weighted by Gasteiger charge is 2.08. The lowest BCUT2D eigenvalue weighted by atomic mass is 10.3. The Balaban J connectivity index is 2.41. The highest BCUT2D eigenvalue weighted by atomic mass is 16.2. The van der Waals surface area contributed by atoms with Crippen LogP contribution in [0.1, 0.15) is 25.6 Å². The number of hydrogen-bond donors (Lipinski definition) is 1. The summed E-state index contributed by atoms with van der Waals surface area (Å²) in [5.41, 5.74) is 2.26. The number of aromatic nitrogens is 2. The summed E-state index contributed by atoms with van der Waals surface area (Å²) in [5, 5.41) is 8.89. The van der Waals surface area contributed by atoms with E-state index >= 15 is 0 Å². The van der Waals surface area contributed by atoms with Crippen LogP contribution in [0.25, 0.3) is 11.0 Å². The van der Waals surface area contributed by atoms with Gasteiger partial charge in [0.2, 0.25) is 0 Å². The first-order valence-electron chi connectivity index (χ1n) is 5.91. The third-order valence-electron chi connectivity index (χ3n) is 2.74. The summed E-state index contributed by atoms with van der Waals surface area (Å²) in [6, 6.07) is 8.22. The van der Waals surface area contributed by atoms with E-state index in [0.717, 1.165) is 37.1 Å². The largest absolute Gasteiger partial charge is 0.396 e. The fourth-order valence-electron chi connectivity index (χ4n) is 2.03. The Morgan fingerprint density at radius 2 is 2.12 bits per heavy atom. The van der Waals surface area contributed by atoms with E-state index < -0.39 is 0 Å². The molecule has 0 atom stereocenters. The van der Waals surface area contributed by atoms with Gasteiger partial charge in [-0.1, -0.05) is 19.1 Å². The highest BCUT2D eigenvalue weighted by molar-refractivity contribution is 5.75. The summed E-state index contributed by atoms with van der Waals surface area (Å²) in [4.78, 5) is 4.62. The van der Waals surface area contributed by atoms with Gasteiger partial charge in [-0.05, 0) is 25.0 Å². The van der Waals surface area contributed by atoms with Crippen LogP contribution in [-0.4, -0.2) is 21.3 Å². The van der Waals surface area contributed by atoms with E-state index in [-0.39, 0.29) is 6.61 Å². The third kappa shape index (κ3) is 2.09. The molecular weight excluding hydrogens is 200 g/mol. The second-order valence-corrected chi connectivity index (χ2v) is 4.00. The van der Waals surface area contributed by atoms with Crippen molar-refractivity contribution in [1.29, 1.82) is 0 Å². The molecule has 0 bridgehead atoms. The van der Waals surface area contributed by atoms with Crippen LogP contribution in [0.2, 0.25) is 0 Å². The predicted octanol–water partition coefficient (Wildman–Crippen LogP) is 2.37. The van der Waals surface area contributed by atoms with Crippen LogP contribution >= 0.6 is 0 Å². The Labute approximate surface area is 95.7 Å². The van der Waals surface area contributed by atoms with E-state index in [9.17, 15) is 0 Å². The zero-order valence-corrected chi connectivity index (χ0v) is 9.69. The molecule has 16 heavy (non-hydrogen) atoms. The number of aliphatic hydroxyl groups excluding tert-OH is 1. The molecule has 1 aromatic carbocycles. The lowest BCUT2D eigenvalue weighted by Crippen LogP contribution is -2.04. The molecule has 0 saturated heterocycles. The maximum Gasteiger partial charge on any atom is 0.109 e. The lowest BCUT2D eigenvalue weighted by molar-refractivity contribution is 0.287. The van der Waals surface area contributed by atoms with Gasteiger partial charge in [0.25, 0.3) is 0 Å². The van der Waals surface area contributed by atoms with Gasteiger partial charge in [-0.25, -0.2) is 4.98 Å². The molecule has 0 fully saturated rings. The molecule has 86 valence electrons. The quantitative estimate of drug-likeness (QED) is 0.836. The second-order valence-electron chi connectivity index (χ2n) is 4.00. The Morgan fingerprint density at radius 1 is 1.31 bits per heavy atom. The van der Waals surface area contributed by atoms with Gasteiger partial charge in [-0.3, -0.25) is 0 Å². The van der Waals surface area contributed by atoms with Crippen LogP contribution in [-0.2, 0) is 13.0 Å². The Hall–Kier alpha value is -1.35. The molecule has 1 heterocycles. The Morgan fingerprint density at radius 3 is 2.88 bits per heavy atom. The van der Waals surface area contributed by atoms with Crippen LogP contribution < -0.4 is 0 Å². The van der Waals surface area contributed by atoms with Gasteiger partial charge in [0.05, 0.1) is 11.0 Å². The van der Waals surface area contributed by atoms with E-state index in [2.05, 4.69) is 22.5 Å². The number of nitrogens with zero attached hydrogens (tertiary/aromatic N) is 2. The van der Waals surface area contributed by atoms with Crippen LogP contribution in [0.3, 0.4) is 0 Å². The molecule has 0 aliphatic carbocycles. The maximum atomic E-state index is 8.89. The minimum Gasteiger partial charge on any atom is -0.396 e. The van der Waals surface area contributed by atoms with Gasteiger partial charge in [0.15, 0.2) is 0 Å². The number of fused-ring (bicyclic) bond motifs is 1. The normalized spacial score (nSPS) is 11.1. The fraction of sp³-hybridized carbons (Fsp3) is 0.462. The van der Waals surface area contributed by atoms with Crippen LogP contribution in [0.15, 0.2) is 24.3 Å². The monoisotopic (exact) mass is 218 g/mol. The number of aryl methyl sites for hydroxylation is 2. The average Bonchev–Trinajstić information content (AvgIpc) is 2.66. The summed E-state index contributed by atoms with van der Waals surface area (Å²) in [6.07, 6.45) is 2.74. The number of rotatable bonds is 5. The van der Waals surface area contributed by atoms with Crippen molar-refractivity contribution in [2.45, 2.75) is 32.7 Å². The molecule has 0 aliphatic rings. The van der Waals surface area contributed by atoms with Gasteiger partial charge in [0, 0.05) is 19.6 Å². The van der Waals surface area contributed by atoms with E-state index in [4.69, 9.17) is 5.11 Å². The number of aliphatic hydroxyl groups is 1. The van der Waals surface area contributed by atoms with Crippen LogP contribution in [0, 0.1) is 0 Å². The van der Waals surface area contributed by atoms with Crippen LogP contribution in [0.4, 0.5) is 0 Å². The molecule has 3 heteroatoms. The topological polar surface area (TPSA) is 38.0 Å². The maximum absolute atomic E-state index is 8.89. The van der Waals surface area contributed by atoms with E-state index in [1.165, 1.54) is 5.52 Å². The molecule has 0 saturated carbocycles. The zero-order valence-electron chi connectivity index (χ0n) is 9.69.